The predicted octanol–water partition coefficient (Wildman–Crippen LogP) is 7.86. The van der Waals surface area contributed by atoms with E-state index in [1.165, 1.54) is 6.07 Å². The molecule has 0 aliphatic rings. The van der Waals surface area contributed by atoms with E-state index < -0.39 is 11.9 Å². The van der Waals surface area contributed by atoms with Crippen LogP contribution in [0.1, 0.15) is 15.9 Å². The van der Waals surface area contributed by atoms with Crippen LogP contribution in [-0.4, -0.2) is 11.9 Å². The molecule has 8 heteroatoms. The van der Waals surface area contributed by atoms with Gasteiger partial charge >= 0.3 is 6.03 Å². The number of carbonyl (C=O) groups is 2. The van der Waals surface area contributed by atoms with E-state index in [1.807, 2.05) is 24.3 Å². The molecule has 166 valence electrons. The van der Waals surface area contributed by atoms with Crippen molar-refractivity contribution >= 4 is 63.2 Å². The van der Waals surface area contributed by atoms with Crippen LogP contribution in [0.2, 0.25) is 15.1 Å². The Morgan fingerprint density at radius 1 is 0.788 bits per heavy atom. The molecule has 4 rings (SSSR count). The number of ether oxygens (including phenoxy) is 1. The zero-order chi connectivity index (χ0) is 23.5. The lowest BCUT2D eigenvalue weighted by Gasteiger charge is -2.15. The summed E-state index contributed by atoms with van der Waals surface area (Å²) in [5.41, 5.74) is 1.28. The minimum absolute atomic E-state index is 0.197. The van der Waals surface area contributed by atoms with E-state index in [9.17, 15) is 9.59 Å². The number of fused-ring (bicyclic) bond motifs is 1. The van der Waals surface area contributed by atoms with Crippen LogP contribution < -0.4 is 15.4 Å². The molecule has 0 radical (unpaired) electrons. The molecule has 0 spiro atoms. The van der Waals surface area contributed by atoms with E-state index in [2.05, 4.69) is 10.6 Å². The molecule has 0 aromatic heterocycles. The summed E-state index contributed by atoms with van der Waals surface area (Å²) in [4.78, 5) is 24.6. The lowest BCUT2D eigenvalue weighted by molar-refractivity contribution is 0.0967. The van der Waals surface area contributed by atoms with Gasteiger partial charge in [0.15, 0.2) is 0 Å². The quantitative estimate of drug-likeness (QED) is 0.300. The fraction of sp³-hybridized carbons (Fsp3) is 0.0400. The van der Waals surface area contributed by atoms with E-state index in [0.29, 0.717) is 32.8 Å². The summed E-state index contributed by atoms with van der Waals surface area (Å²) in [6.07, 6.45) is 0. The van der Waals surface area contributed by atoms with Crippen molar-refractivity contribution < 1.29 is 14.3 Å². The first-order chi connectivity index (χ1) is 15.8. The summed E-state index contributed by atoms with van der Waals surface area (Å²) >= 11 is 18.8. The van der Waals surface area contributed by atoms with E-state index in [-0.39, 0.29) is 10.6 Å². The smallest absolute Gasteiger partial charge is 0.326 e. The minimum atomic E-state index is -0.715. The Morgan fingerprint density at radius 2 is 1.48 bits per heavy atom. The number of rotatable bonds is 4. The Bertz CT molecular complexity index is 1370. The van der Waals surface area contributed by atoms with Crippen LogP contribution in [0.4, 0.5) is 10.5 Å². The van der Waals surface area contributed by atoms with Crippen molar-refractivity contribution in [2.45, 2.75) is 6.92 Å². The first-order valence-electron chi connectivity index (χ1n) is 9.85. The third-order valence-corrected chi connectivity index (χ3v) is 5.82. The number of aryl methyl sites for hydroxylation is 1. The maximum absolute atomic E-state index is 12.3. The highest BCUT2D eigenvalue weighted by Gasteiger charge is 2.16. The van der Waals surface area contributed by atoms with E-state index >= 15 is 0 Å². The van der Waals surface area contributed by atoms with Gasteiger partial charge in [-0.1, -0.05) is 71.2 Å². The molecule has 0 bridgehead atoms. The third-order valence-electron chi connectivity index (χ3n) is 4.88. The van der Waals surface area contributed by atoms with Gasteiger partial charge in [-0.05, 0) is 48.9 Å². The number of imide groups is 1. The van der Waals surface area contributed by atoms with Crippen LogP contribution in [-0.2, 0) is 0 Å². The SMILES string of the molecule is Cc1cc(NC(=O)NC(=O)c2ccccc2Cl)cc(Cl)c1Oc1ccc(Cl)c2ccccc12. The topological polar surface area (TPSA) is 67.4 Å². The maximum Gasteiger partial charge on any atom is 0.326 e. The summed E-state index contributed by atoms with van der Waals surface area (Å²) in [5.74, 6) is 0.432. The van der Waals surface area contributed by atoms with Crippen molar-refractivity contribution in [1.82, 2.24) is 5.32 Å². The summed E-state index contributed by atoms with van der Waals surface area (Å²) in [6, 6.07) is 20.1. The third kappa shape index (κ3) is 5.06. The van der Waals surface area contributed by atoms with Crippen molar-refractivity contribution in [3.63, 3.8) is 0 Å². The summed E-state index contributed by atoms with van der Waals surface area (Å²) in [6.45, 7) is 1.80. The highest BCUT2D eigenvalue weighted by Crippen LogP contribution is 2.39. The Kier molecular flexibility index (Phi) is 6.75. The molecule has 0 atom stereocenters. The fourth-order valence-corrected chi connectivity index (χ4v) is 4.10. The Balaban J connectivity index is 1.52. The standard InChI is InChI=1S/C25H17Cl3N2O3/c1-14-12-15(29-25(32)30-24(31)18-8-4-5-9-19(18)26)13-21(28)23(14)33-22-11-10-20(27)16-6-2-3-7-17(16)22/h2-13H,1H3,(H2,29,30,31,32). The van der Waals surface area contributed by atoms with Gasteiger partial charge in [-0.3, -0.25) is 10.1 Å². The van der Waals surface area contributed by atoms with E-state index in [1.54, 1.807) is 49.4 Å². The molecule has 0 aliphatic heterocycles. The number of hydrogen-bond donors (Lipinski definition) is 2. The average molecular weight is 500 g/mol. The Hall–Kier alpha value is -3.25. The second-order valence-electron chi connectivity index (χ2n) is 7.19. The molecule has 0 unspecified atom stereocenters. The summed E-state index contributed by atoms with van der Waals surface area (Å²) in [7, 11) is 0. The van der Waals surface area contributed by atoms with Crippen molar-refractivity contribution in [1.29, 1.82) is 0 Å². The van der Waals surface area contributed by atoms with Gasteiger partial charge in [0, 0.05) is 21.5 Å². The number of amides is 3. The van der Waals surface area contributed by atoms with Gasteiger partial charge in [-0.15, -0.1) is 0 Å². The second-order valence-corrected chi connectivity index (χ2v) is 8.41. The molecule has 0 heterocycles. The molecule has 2 N–H and O–H groups in total. The number of benzene rings is 4. The van der Waals surface area contributed by atoms with Crippen LogP contribution in [0.25, 0.3) is 10.8 Å². The fourth-order valence-electron chi connectivity index (χ4n) is 3.34. The van der Waals surface area contributed by atoms with E-state index in [4.69, 9.17) is 39.5 Å². The van der Waals surface area contributed by atoms with Crippen LogP contribution in [0.15, 0.2) is 72.8 Å². The number of halogens is 3. The van der Waals surface area contributed by atoms with Crippen LogP contribution >= 0.6 is 34.8 Å². The number of anilines is 1. The number of hydrogen-bond acceptors (Lipinski definition) is 3. The molecule has 3 amide bonds. The largest absolute Gasteiger partial charge is 0.455 e. The van der Waals surface area contributed by atoms with Gasteiger partial charge < -0.3 is 10.1 Å². The second kappa shape index (κ2) is 9.71. The van der Waals surface area contributed by atoms with Gasteiger partial charge in [-0.2, -0.15) is 0 Å². The van der Waals surface area contributed by atoms with Crippen LogP contribution in [0.3, 0.4) is 0 Å². The zero-order valence-corrected chi connectivity index (χ0v) is 19.6. The highest BCUT2D eigenvalue weighted by atomic mass is 35.5. The molecule has 0 saturated heterocycles. The van der Waals surface area contributed by atoms with Crippen LogP contribution in [0.5, 0.6) is 11.5 Å². The van der Waals surface area contributed by atoms with Gasteiger partial charge in [0.1, 0.15) is 11.5 Å². The minimum Gasteiger partial charge on any atom is -0.455 e. The first-order valence-corrected chi connectivity index (χ1v) is 11.0. The van der Waals surface area contributed by atoms with Crippen LogP contribution in [0, 0.1) is 6.92 Å². The molecule has 5 nitrogen and oxygen atoms in total. The van der Waals surface area contributed by atoms with Crippen molar-refractivity contribution in [3.05, 3.63) is 99.0 Å². The molecule has 4 aromatic carbocycles. The average Bonchev–Trinajstić information content (AvgIpc) is 2.78. The van der Waals surface area contributed by atoms with E-state index in [0.717, 1.165) is 10.8 Å². The van der Waals surface area contributed by atoms with Gasteiger partial charge in [-0.25, -0.2) is 4.79 Å². The monoisotopic (exact) mass is 498 g/mol. The lowest BCUT2D eigenvalue weighted by atomic mass is 10.1. The molecule has 4 aromatic rings. The Morgan fingerprint density at radius 3 is 2.21 bits per heavy atom. The maximum atomic E-state index is 12.3. The lowest BCUT2D eigenvalue weighted by Crippen LogP contribution is -2.34. The Labute approximate surface area is 205 Å². The molecule has 33 heavy (non-hydrogen) atoms. The van der Waals surface area contributed by atoms with Gasteiger partial charge in [0.2, 0.25) is 0 Å². The summed E-state index contributed by atoms with van der Waals surface area (Å²) < 4.78 is 6.12. The molecular formula is C25H17Cl3N2O3. The van der Waals surface area contributed by atoms with Crippen molar-refractivity contribution in [2.75, 3.05) is 5.32 Å². The molecule has 0 saturated carbocycles. The molecule has 0 fully saturated rings. The predicted molar refractivity (Wildman–Crippen MR) is 133 cm³/mol. The number of urea groups is 1. The van der Waals surface area contributed by atoms with Gasteiger partial charge in [0.05, 0.1) is 15.6 Å². The summed E-state index contributed by atoms with van der Waals surface area (Å²) in [5, 5.41) is 7.72. The number of carbonyl (C=O) groups excluding carboxylic acids is 2. The van der Waals surface area contributed by atoms with Crippen molar-refractivity contribution in [2.24, 2.45) is 0 Å². The zero-order valence-electron chi connectivity index (χ0n) is 17.3. The van der Waals surface area contributed by atoms with Gasteiger partial charge in [0.25, 0.3) is 5.91 Å². The molecular weight excluding hydrogens is 483 g/mol. The highest BCUT2D eigenvalue weighted by molar-refractivity contribution is 6.36. The number of nitrogens with one attached hydrogen (secondary N) is 2. The first kappa shape index (κ1) is 22.9. The van der Waals surface area contributed by atoms with Crippen molar-refractivity contribution in [3.8, 4) is 11.5 Å². The molecule has 0 aliphatic carbocycles. The normalized spacial score (nSPS) is 10.7.